The fourth-order valence-corrected chi connectivity index (χ4v) is 3.64. The van der Waals surface area contributed by atoms with Crippen molar-refractivity contribution in [2.75, 3.05) is 19.0 Å². The molecular weight excluding hydrogens is 412 g/mol. The first-order valence-corrected chi connectivity index (χ1v) is 10.1. The highest BCUT2D eigenvalue weighted by molar-refractivity contribution is 5.98. The molecule has 0 spiro atoms. The predicted octanol–water partition coefficient (Wildman–Crippen LogP) is 4.46. The van der Waals surface area contributed by atoms with E-state index in [1.165, 1.54) is 4.90 Å². The number of primary amides is 1. The minimum absolute atomic E-state index is 0.211. The molecule has 32 heavy (non-hydrogen) atoms. The number of nitrogens with two attached hydrogens (primary N) is 1. The van der Waals surface area contributed by atoms with Gasteiger partial charge in [0.15, 0.2) is 0 Å². The molecule has 0 aliphatic rings. The van der Waals surface area contributed by atoms with Gasteiger partial charge in [-0.15, -0.1) is 0 Å². The molecule has 3 rings (SSSR count). The summed E-state index contributed by atoms with van der Waals surface area (Å²) in [5.74, 6) is -2.78. The van der Waals surface area contributed by atoms with E-state index >= 15 is 0 Å². The van der Waals surface area contributed by atoms with Crippen LogP contribution in [-0.4, -0.2) is 30.8 Å². The summed E-state index contributed by atoms with van der Waals surface area (Å²) in [7, 11) is 3.75. The van der Waals surface area contributed by atoms with Crippen molar-refractivity contribution in [2.45, 2.75) is 19.0 Å². The zero-order valence-electron chi connectivity index (χ0n) is 18.1. The van der Waals surface area contributed by atoms with Crippen LogP contribution >= 0.6 is 0 Å². The van der Waals surface area contributed by atoms with E-state index < -0.39 is 35.5 Å². The number of benzene rings is 3. The number of halogens is 2. The van der Waals surface area contributed by atoms with Gasteiger partial charge in [0.05, 0.1) is 6.04 Å². The molecule has 0 saturated carbocycles. The smallest absolute Gasteiger partial charge is 0.255 e. The lowest BCUT2D eigenvalue weighted by molar-refractivity contribution is -0.123. The number of carbonyl (C=O) groups is 2. The van der Waals surface area contributed by atoms with Crippen molar-refractivity contribution >= 4 is 17.5 Å². The lowest BCUT2D eigenvalue weighted by atomic mass is 9.97. The fraction of sp³-hybridized carbons (Fsp3) is 0.200. The van der Waals surface area contributed by atoms with Crippen molar-refractivity contribution in [3.8, 4) is 0 Å². The maximum atomic E-state index is 13.9. The Kier molecular flexibility index (Phi) is 6.88. The number of anilines is 1. The van der Waals surface area contributed by atoms with Gasteiger partial charge in [0, 0.05) is 31.4 Å². The molecule has 0 fully saturated rings. The van der Waals surface area contributed by atoms with Crippen LogP contribution in [-0.2, 0) is 4.79 Å². The second-order valence-corrected chi connectivity index (χ2v) is 7.75. The summed E-state index contributed by atoms with van der Waals surface area (Å²) in [6.45, 7) is 1.61. The molecule has 0 aliphatic heterocycles. The Morgan fingerprint density at radius 3 is 1.91 bits per heavy atom. The number of hydrogen-bond donors (Lipinski definition) is 1. The molecule has 2 amide bonds. The molecule has 3 aromatic carbocycles. The van der Waals surface area contributed by atoms with Crippen molar-refractivity contribution < 1.29 is 18.4 Å². The number of carbonyl (C=O) groups excluding carboxylic acids is 2. The third-order valence-electron chi connectivity index (χ3n) is 5.31. The molecule has 2 N–H and O–H groups in total. The van der Waals surface area contributed by atoms with E-state index in [0.29, 0.717) is 11.1 Å². The van der Waals surface area contributed by atoms with E-state index in [1.54, 1.807) is 61.5 Å². The van der Waals surface area contributed by atoms with Crippen molar-refractivity contribution in [2.24, 2.45) is 5.73 Å². The summed E-state index contributed by atoms with van der Waals surface area (Å²) < 4.78 is 27.9. The van der Waals surface area contributed by atoms with Crippen LogP contribution in [0.25, 0.3) is 0 Å². The predicted molar refractivity (Wildman–Crippen MR) is 120 cm³/mol. The Bertz CT molecular complexity index is 1080. The first-order valence-electron chi connectivity index (χ1n) is 10.1. The highest BCUT2D eigenvalue weighted by Crippen LogP contribution is 2.33. The monoisotopic (exact) mass is 437 g/mol. The molecule has 7 heteroatoms. The Balaban J connectivity index is 2.13. The van der Waals surface area contributed by atoms with Gasteiger partial charge < -0.3 is 15.5 Å². The Morgan fingerprint density at radius 2 is 1.41 bits per heavy atom. The molecule has 2 atom stereocenters. The third kappa shape index (κ3) is 4.94. The van der Waals surface area contributed by atoms with Crippen LogP contribution in [0, 0.1) is 11.6 Å². The van der Waals surface area contributed by atoms with Crippen LogP contribution in [0.1, 0.15) is 40.5 Å². The molecular formula is C25H25F2N3O2. The Labute approximate surface area is 186 Å². The molecule has 0 bridgehead atoms. The second kappa shape index (κ2) is 9.60. The highest BCUT2D eigenvalue weighted by Gasteiger charge is 2.35. The van der Waals surface area contributed by atoms with E-state index in [0.717, 1.165) is 23.9 Å². The topological polar surface area (TPSA) is 66.6 Å². The Hall–Kier alpha value is -3.74. The minimum atomic E-state index is -1.14. The van der Waals surface area contributed by atoms with Gasteiger partial charge in [0.2, 0.25) is 5.91 Å². The van der Waals surface area contributed by atoms with Gasteiger partial charge >= 0.3 is 0 Å². The van der Waals surface area contributed by atoms with Crippen LogP contribution in [0.4, 0.5) is 14.5 Å². The van der Waals surface area contributed by atoms with E-state index in [-0.39, 0.29) is 5.56 Å². The average molecular weight is 437 g/mol. The maximum absolute atomic E-state index is 13.9. The average Bonchev–Trinajstić information content (AvgIpc) is 2.76. The number of rotatable bonds is 7. The SMILES string of the molecule is C[C@H](c1cc(F)cc(F)c1)N(C(=O)c1ccc(N(C)C)cc1)[C@@H](C(N)=O)c1ccccc1. The van der Waals surface area contributed by atoms with Crippen LogP contribution in [0.5, 0.6) is 0 Å². The van der Waals surface area contributed by atoms with Crippen molar-refractivity contribution in [1.82, 2.24) is 4.90 Å². The lowest BCUT2D eigenvalue weighted by Crippen LogP contribution is -2.43. The molecule has 166 valence electrons. The summed E-state index contributed by atoms with van der Waals surface area (Å²) in [5, 5.41) is 0. The molecule has 0 saturated heterocycles. The Morgan fingerprint density at radius 1 is 0.844 bits per heavy atom. The lowest BCUT2D eigenvalue weighted by Gasteiger charge is -2.35. The van der Waals surface area contributed by atoms with Crippen LogP contribution in [0.2, 0.25) is 0 Å². The zero-order chi connectivity index (χ0) is 23.4. The summed E-state index contributed by atoms with van der Waals surface area (Å²) >= 11 is 0. The van der Waals surface area contributed by atoms with E-state index in [4.69, 9.17) is 5.73 Å². The van der Waals surface area contributed by atoms with Crippen molar-refractivity contribution in [3.05, 3.63) is 101 Å². The normalized spacial score (nSPS) is 12.7. The molecule has 0 unspecified atom stereocenters. The number of nitrogens with zero attached hydrogens (tertiary/aromatic N) is 2. The number of amides is 2. The summed E-state index contributed by atoms with van der Waals surface area (Å²) in [6.07, 6.45) is 0. The van der Waals surface area contributed by atoms with Gasteiger partial charge in [0.25, 0.3) is 5.91 Å². The van der Waals surface area contributed by atoms with Crippen molar-refractivity contribution in [3.63, 3.8) is 0 Å². The third-order valence-corrected chi connectivity index (χ3v) is 5.31. The molecule has 0 heterocycles. The first-order chi connectivity index (χ1) is 15.2. The van der Waals surface area contributed by atoms with E-state index in [1.807, 2.05) is 19.0 Å². The quantitative estimate of drug-likeness (QED) is 0.594. The van der Waals surface area contributed by atoms with Gasteiger partial charge in [-0.2, -0.15) is 0 Å². The summed E-state index contributed by atoms with van der Waals surface area (Å²) in [4.78, 5) is 29.4. The zero-order valence-corrected chi connectivity index (χ0v) is 18.1. The maximum Gasteiger partial charge on any atom is 0.255 e. The minimum Gasteiger partial charge on any atom is -0.378 e. The van der Waals surface area contributed by atoms with Gasteiger partial charge in [-0.1, -0.05) is 30.3 Å². The van der Waals surface area contributed by atoms with E-state index in [2.05, 4.69) is 0 Å². The van der Waals surface area contributed by atoms with Gasteiger partial charge in [-0.25, -0.2) is 8.78 Å². The molecule has 0 aliphatic carbocycles. The highest BCUT2D eigenvalue weighted by atomic mass is 19.1. The van der Waals surface area contributed by atoms with Gasteiger partial charge in [-0.05, 0) is 54.4 Å². The van der Waals surface area contributed by atoms with E-state index in [9.17, 15) is 18.4 Å². The van der Waals surface area contributed by atoms with Crippen LogP contribution in [0.15, 0.2) is 72.8 Å². The van der Waals surface area contributed by atoms with Crippen LogP contribution < -0.4 is 10.6 Å². The molecule has 5 nitrogen and oxygen atoms in total. The molecule has 0 radical (unpaired) electrons. The standard InChI is InChI=1S/C25H25F2N3O2/c1-16(19-13-20(26)15-21(27)14-19)30(23(24(28)31)17-7-5-4-6-8-17)25(32)18-9-11-22(12-10-18)29(2)3/h4-16,23H,1-3H3,(H2,28,31)/t16-,23-/m1/s1. The summed E-state index contributed by atoms with van der Waals surface area (Å²) in [5.41, 5.74) is 7.66. The largest absolute Gasteiger partial charge is 0.378 e. The van der Waals surface area contributed by atoms with Gasteiger partial charge in [0.1, 0.15) is 17.7 Å². The number of hydrogen-bond acceptors (Lipinski definition) is 3. The van der Waals surface area contributed by atoms with Crippen LogP contribution in [0.3, 0.4) is 0 Å². The fourth-order valence-electron chi connectivity index (χ4n) is 3.64. The van der Waals surface area contributed by atoms with Crippen molar-refractivity contribution in [1.29, 1.82) is 0 Å². The second-order valence-electron chi connectivity index (χ2n) is 7.75. The first kappa shape index (κ1) is 22.9. The summed E-state index contributed by atoms with van der Waals surface area (Å²) in [6, 6.07) is 16.5. The molecule has 0 aromatic heterocycles. The molecule has 3 aromatic rings. The van der Waals surface area contributed by atoms with Gasteiger partial charge in [-0.3, -0.25) is 9.59 Å².